The summed E-state index contributed by atoms with van der Waals surface area (Å²) in [5.41, 5.74) is -0.987. The highest BCUT2D eigenvalue weighted by molar-refractivity contribution is 5.79. The van der Waals surface area contributed by atoms with Gasteiger partial charge in [0.1, 0.15) is 17.7 Å². The summed E-state index contributed by atoms with van der Waals surface area (Å²) in [4.78, 5) is 24.6. The highest BCUT2D eigenvalue weighted by atomic mass is 16.6. The molecule has 4 bridgehead atoms. The summed E-state index contributed by atoms with van der Waals surface area (Å²) < 4.78 is 5.92. The van der Waals surface area contributed by atoms with Crippen LogP contribution in [0.1, 0.15) is 47.5 Å². The Morgan fingerprint density at radius 1 is 1.35 bits per heavy atom. The van der Waals surface area contributed by atoms with Crippen LogP contribution in [0.4, 0.5) is 0 Å². The molecule has 4 fully saturated rings. The number of carbonyl (C=O) groups is 1. The van der Waals surface area contributed by atoms with Gasteiger partial charge in [-0.15, -0.1) is 0 Å². The van der Waals surface area contributed by atoms with E-state index in [9.17, 15) is 14.9 Å². The molecule has 0 unspecified atom stereocenters. The lowest BCUT2D eigenvalue weighted by Gasteiger charge is -2.46. The van der Waals surface area contributed by atoms with E-state index in [1.807, 2.05) is 13.8 Å². The van der Waals surface area contributed by atoms with Gasteiger partial charge in [0.05, 0.1) is 5.92 Å². The van der Waals surface area contributed by atoms with Gasteiger partial charge in [-0.05, 0) is 30.1 Å². The van der Waals surface area contributed by atoms with Crippen molar-refractivity contribution in [2.45, 2.75) is 71.2 Å². The maximum absolute atomic E-state index is 12.6. The molecule has 1 N–H and O–H groups in total. The lowest BCUT2D eigenvalue weighted by Crippen LogP contribution is -2.69. The zero-order chi connectivity index (χ0) is 16.9. The van der Waals surface area contributed by atoms with Crippen LogP contribution in [-0.4, -0.2) is 34.6 Å². The molecule has 0 radical (unpaired) electrons. The molecule has 2 aliphatic heterocycles. The summed E-state index contributed by atoms with van der Waals surface area (Å²) in [5, 5.41) is 15.6. The van der Waals surface area contributed by atoms with Gasteiger partial charge in [0.15, 0.2) is 0 Å². The topological polar surface area (TPSA) is 81.5 Å². The third kappa shape index (κ3) is 1.39. The first-order valence-electron chi connectivity index (χ1n) is 8.70. The molecule has 0 aromatic rings. The molecule has 23 heavy (non-hydrogen) atoms. The van der Waals surface area contributed by atoms with E-state index in [0.717, 1.165) is 12.8 Å². The average Bonchev–Trinajstić information content (AvgIpc) is 2.91. The summed E-state index contributed by atoms with van der Waals surface area (Å²) in [7, 11) is 0. The van der Waals surface area contributed by atoms with Crippen LogP contribution in [0.5, 0.6) is 0 Å². The number of nitrogens with one attached hydrogen (secondary N) is 1. The second-order valence-corrected chi connectivity index (χ2v) is 9.15. The molecule has 7 atom stereocenters. The molecule has 2 saturated heterocycles. The fourth-order valence-corrected chi connectivity index (χ4v) is 6.73. The minimum atomic E-state index is -0.754. The molecule has 0 aromatic carbocycles. The Morgan fingerprint density at radius 2 is 2.00 bits per heavy atom. The second-order valence-electron chi connectivity index (χ2n) is 9.15. The van der Waals surface area contributed by atoms with Crippen molar-refractivity contribution >= 4 is 5.97 Å². The highest BCUT2D eigenvalue weighted by Crippen LogP contribution is 2.73. The molecule has 4 aliphatic rings. The summed E-state index contributed by atoms with van der Waals surface area (Å²) >= 11 is 0. The summed E-state index contributed by atoms with van der Waals surface area (Å²) in [5.74, 6) is -0.372. The van der Waals surface area contributed by atoms with E-state index in [1.54, 1.807) is 0 Å². The standard InChI is InChI=1S/C17H26N2O4/c1-8(2)10-11-13(20)23-14-16(5)7-6-9(15(16,3)4)17(14,18-11)12(10)19(21)22/h8-12,14,18H,6-7H2,1-5H3/t9-,10+,11+,12-,14-,16-,17-/m0/s1. The van der Waals surface area contributed by atoms with Crippen molar-refractivity contribution in [1.29, 1.82) is 0 Å². The van der Waals surface area contributed by atoms with Crippen molar-refractivity contribution in [1.82, 2.24) is 5.32 Å². The number of esters is 1. The molecule has 4 rings (SSSR count). The van der Waals surface area contributed by atoms with E-state index in [0.29, 0.717) is 0 Å². The van der Waals surface area contributed by atoms with Gasteiger partial charge in [-0.3, -0.25) is 20.2 Å². The second kappa shape index (κ2) is 4.08. The van der Waals surface area contributed by atoms with Crippen molar-refractivity contribution in [3.63, 3.8) is 0 Å². The first kappa shape index (κ1) is 15.4. The van der Waals surface area contributed by atoms with Crippen LogP contribution < -0.4 is 5.32 Å². The van der Waals surface area contributed by atoms with Gasteiger partial charge in [0.25, 0.3) is 0 Å². The van der Waals surface area contributed by atoms with Crippen LogP contribution in [-0.2, 0) is 9.53 Å². The molecule has 6 heteroatoms. The van der Waals surface area contributed by atoms with Crippen LogP contribution in [0, 0.1) is 38.7 Å². The molecule has 2 heterocycles. The molecule has 6 nitrogen and oxygen atoms in total. The third-order valence-electron chi connectivity index (χ3n) is 8.01. The Balaban J connectivity index is 1.94. The van der Waals surface area contributed by atoms with Gasteiger partial charge in [0.2, 0.25) is 6.04 Å². The maximum atomic E-state index is 12.6. The van der Waals surface area contributed by atoms with Gasteiger partial charge in [0, 0.05) is 10.3 Å². The highest BCUT2D eigenvalue weighted by Gasteiger charge is 2.84. The predicted molar refractivity (Wildman–Crippen MR) is 83.3 cm³/mol. The number of ether oxygens (including phenoxy) is 1. The minimum absolute atomic E-state index is 0.0589. The van der Waals surface area contributed by atoms with Crippen LogP contribution in [0.2, 0.25) is 0 Å². The van der Waals surface area contributed by atoms with Crippen molar-refractivity contribution in [2.75, 3.05) is 0 Å². The quantitative estimate of drug-likeness (QED) is 0.478. The predicted octanol–water partition coefficient (Wildman–Crippen LogP) is 2.00. The van der Waals surface area contributed by atoms with E-state index in [4.69, 9.17) is 4.74 Å². The van der Waals surface area contributed by atoms with Gasteiger partial charge in [-0.25, -0.2) is 0 Å². The van der Waals surface area contributed by atoms with E-state index < -0.39 is 23.7 Å². The molecule has 2 aliphatic carbocycles. The minimum Gasteiger partial charge on any atom is -0.458 e. The summed E-state index contributed by atoms with van der Waals surface area (Å²) in [6.45, 7) is 10.5. The molecular weight excluding hydrogens is 296 g/mol. The number of morpholine rings is 1. The number of fused-ring (bicyclic) bond motifs is 4. The number of nitro groups is 1. The monoisotopic (exact) mass is 322 g/mol. The van der Waals surface area contributed by atoms with E-state index >= 15 is 0 Å². The number of rotatable bonds is 2. The first-order valence-corrected chi connectivity index (χ1v) is 8.70. The van der Waals surface area contributed by atoms with Crippen molar-refractivity contribution in [2.24, 2.45) is 28.6 Å². The zero-order valence-electron chi connectivity index (χ0n) is 14.5. The number of carbonyl (C=O) groups excluding carboxylic acids is 1. The third-order valence-corrected chi connectivity index (χ3v) is 8.01. The maximum Gasteiger partial charge on any atom is 0.324 e. The smallest absolute Gasteiger partial charge is 0.324 e. The first-order chi connectivity index (χ1) is 10.6. The number of nitrogens with zero attached hydrogens (tertiary/aromatic N) is 1. The van der Waals surface area contributed by atoms with Crippen molar-refractivity contribution in [3.8, 4) is 0 Å². The van der Waals surface area contributed by atoms with Crippen molar-refractivity contribution < 1.29 is 14.5 Å². The van der Waals surface area contributed by atoms with Crippen LogP contribution in [0.15, 0.2) is 0 Å². The van der Waals surface area contributed by atoms with Gasteiger partial charge >= 0.3 is 5.97 Å². The Morgan fingerprint density at radius 3 is 2.57 bits per heavy atom. The Kier molecular flexibility index (Phi) is 2.72. The Bertz CT molecular complexity index is 603. The van der Waals surface area contributed by atoms with E-state index in [1.165, 1.54) is 0 Å². The lowest BCUT2D eigenvalue weighted by atomic mass is 9.68. The Labute approximate surface area is 136 Å². The molecule has 0 amide bonds. The Hall–Kier alpha value is -1.17. The number of hydrogen-bond donors (Lipinski definition) is 1. The lowest BCUT2D eigenvalue weighted by molar-refractivity contribution is -0.544. The molecule has 0 aromatic heterocycles. The van der Waals surface area contributed by atoms with Gasteiger partial charge < -0.3 is 4.74 Å². The van der Waals surface area contributed by atoms with Gasteiger partial charge in [-0.1, -0.05) is 34.6 Å². The molecular formula is C17H26N2O4. The summed E-state index contributed by atoms with van der Waals surface area (Å²) in [6.07, 6.45) is 1.53. The number of hydrogen-bond acceptors (Lipinski definition) is 5. The van der Waals surface area contributed by atoms with Crippen molar-refractivity contribution in [3.05, 3.63) is 10.1 Å². The SMILES string of the molecule is CC(C)[C@H]1[C@H]([N+](=O)[O-])[C@]23N[C@H]1C(=O)O[C@H]2[C@]1(C)CC[C@H]3C1(C)C. The van der Waals surface area contributed by atoms with Gasteiger partial charge in [-0.2, -0.15) is 0 Å². The molecule has 128 valence electrons. The normalized spacial score (nSPS) is 52.6. The zero-order valence-corrected chi connectivity index (χ0v) is 14.5. The fourth-order valence-electron chi connectivity index (χ4n) is 6.73. The van der Waals surface area contributed by atoms with Crippen LogP contribution in [0.25, 0.3) is 0 Å². The molecule has 2 saturated carbocycles. The fraction of sp³-hybridized carbons (Fsp3) is 0.941. The largest absolute Gasteiger partial charge is 0.458 e. The van der Waals surface area contributed by atoms with Crippen LogP contribution >= 0.6 is 0 Å². The summed E-state index contributed by atoms with van der Waals surface area (Å²) in [6, 6.07) is -1.30. The van der Waals surface area contributed by atoms with E-state index in [-0.39, 0.29) is 39.5 Å². The van der Waals surface area contributed by atoms with Crippen LogP contribution in [0.3, 0.4) is 0 Å². The average molecular weight is 322 g/mol. The molecule has 1 spiro atoms. The van der Waals surface area contributed by atoms with E-state index in [2.05, 4.69) is 26.1 Å².